The largest absolute Gasteiger partial charge is 0.328 e. The van der Waals surface area contributed by atoms with Crippen molar-refractivity contribution in [3.8, 4) is 0 Å². The maximum atomic E-state index is 13.6. The van der Waals surface area contributed by atoms with E-state index in [4.69, 9.17) is 10.7 Å². The van der Waals surface area contributed by atoms with Gasteiger partial charge in [-0.2, -0.15) is 0 Å². The number of aromatic nitrogens is 2. The Labute approximate surface area is 195 Å². The van der Waals surface area contributed by atoms with Crippen LogP contribution in [0.15, 0.2) is 18.2 Å². The lowest BCUT2D eigenvalue weighted by molar-refractivity contribution is -0.0473. The van der Waals surface area contributed by atoms with E-state index in [1.807, 2.05) is 0 Å². The van der Waals surface area contributed by atoms with Crippen LogP contribution in [0.5, 0.6) is 0 Å². The number of alkyl halides is 2. The fraction of sp³-hybridized carbons (Fsp3) is 0.708. The van der Waals surface area contributed by atoms with Crippen molar-refractivity contribution in [1.29, 1.82) is 0 Å². The molecule has 1 aliphatic carbocycles. The van der Waals surface area contributed by atoms with Gasteiger partial charge in [0.15, 0.2) is 0 Å². The molecule has 1 aromatic heterocycles. The number of anilines is 1. The van der Waals surface area contributed by atoms with E-state index in [0.29, 0.717) is 18.9 Å². The summed E-state index contributed by atoms with van der Waals surface area (Å²) in [4.78, 5) is 5.03. The zero-order valence-corrected chi connectivity index (χ0v) is 20.6. The maximum Gasteiger partial charge on any atom is 0.248 e. The second-order valence-electron chi connectivity index (χ2n) is 10.6. The van der Waals surface area contributed by atoms with E-state index in [-0.39, 0.29) is 24.2 Å². The van der Waals surface area contributed by atoms with Gasteiger partial charge in [-0.1, -0.05) is 20.8 Å². The highest BCUT2D eigenvalue weighted by atomic mass is 32.2. The van der Waals surface area contributed by atoms with E-state index in [1.54, 1.807) is 12.1 Å². The fourth-order valence-electron chi connectivity index (χ4n) is 4.79. The topological polar surface area (TPSA) is 50.3 Å². The summed E-state index contributed by atoms with van der Waals surface area (Å²) in [6.07, 6.45) is 3.23. The summed E-state index contributed by atoms with van der Waals surface area (Å²) in [7, 11) is 2.09. The molecule has 0 spiro atoms. The third-order valence-corrected chi connectivity index (χ3v) is 7.83. The van der Waals surface area contributed by atoms with E-state index in [9.17, 15) is 8.78 Å². The van der Waals surface area contributed by atoms with E-state index in [0.717, 1.165) is 55.0 Å². The second kappa shape index (κ2) is 9.11. The van der Waals surface area contributed by atoms with Gasteiger partial charge in [0.1, 0.15) is 5.82 Å². The van der Waals surface area contributed by atoms with E-state index < -0.39 is 5.92 Å². The maximum absolute atomic E-state index is 13.6. The second-order valence-corrected chi connectivity index (χ2v) is 11.8. The lowest BCUT2D eigenvalue weighted by atomic mass is 9.86. The van der Waals surface area contributed by atoms with Gasteiger partial charge in [-0.3, -0.25) is 0 Å². The number of nitrogens with two attached hydrogens (primary N) is 1. The summed E-state index contributed by atoms with van der Waals surface area (Å²) < 4.78 is 34.1. The average Bonchev–Trinajstić information content (AvgIpc) is 3.09. The van der Waals surface area contributed by atoms with Gasteiger partial charge in [-0.05, 0) is 49.8 Å². The monoisotopic (exact) mass is 465 g/mol. The molecule has 2 aromatic rings. The molecule has 8 heteroatoms. The fourth-order valence-corrected chi connectivity index (χ4v) is 5.72. The Balaban J connectivity index is 1.55. The molecule has 0 bridgehead atoms. The number of imidazole rings is 1. The van der Waals surface area contributed by atoms with Crippen LogP contribution in [0.1, 0.15) is 65.1 Å². The van der Waals surface area contributed by atoms with Gasteiger partial charge in [0, 0.05) is 63.1 Å². The van der Waals surface area contributed by atoms with Gasteiger partial charge in [-0.15, -0.1) is 0 Å². The molecule has 2 heterocycles. The van der Waals surface area contributed by atoms with Crippen LogP contribution in [0.4, 0.5) is 14.5 Å². The van der Waals surface area contributed by atoms with Crippen molar-refractivity contribution >= 4 is 28.9 Å². The first-order valence-corrected chi connectivity index (χ1v) is 12.6. The summed E-state index contributed by atoms with van der Waals surface area (Å²) in [5.41, 5.74) is 9.10. The molecular weight excluding hydrogens is 428 g/mol. The Morgan fingerprint density at radius 2 is 1.81 bits per heavy atom. The van der Waals surface area contributed by atoms with Crippen LogP contribution in [0, 0.1) is 5.92 Å². The third kappa shape index (κ3) is 5.39. The molecule has 4 rings (SSSR count). The highest BCUT2D eigenvalue weighted by Gasteiger charge is 2.35. The van der Waals surface area contributed by atoms with Crippen LogP contribution in [0.3, 0.4) is 0 Å². The first-order chi connectivity index (χ1) is 15.0. The highest BCUT2D eigenvalue weighted by Crippen LogP contribution is 2.38. The molecule has 178 valence electrons. The number of rotatable bonds is 5. The molecule has 32 heavy (non-hydrogen) atoms. The summed E-state index contributed by atoms with van der Waals surface area (Å²) in [5.74, 6) is -1.18. The number of fused-ring (bicyclic) bond motifs is 1. The number of hydrogen-bond acceptors (Lipinski definition) is 5. The minimum absolute atomic E-state index is 0.00269. The lowest BCUT2D eigenvalue weighted by Crippen LogP contribution is -2.37. The van der Waals surface area contributed by atoms with Crippen molar-refractivity contribution in [2.45, 2.75) is 83.2 Å². The van der Waals surface area contributed by atoms with Crippen LogP contribution >= 0.6 is 12.1 Å². The Morgan fingerprint density at radius 3 is 2.44 bits per heavy atom. The van der Waals surface area contributed by atoms with E-state index >= 15 is 0 Å². The van der Waals surface area contributed by atoms with Gasteiger partial charge < -0.3 is 14.6 Å². The Morgan fingerprint density at radius 1 is 1.16 bits per heavy atom. The summed E-state index contributed by atoms with van der Waals surface area (Å²) in [6.45, 7) is 9.28. The molecule has 0 amide bonds. The molecule has 0 unspecified atom stereocenters. The molecule has 2 N–H and O–H groups in total. The summed E-state index contributed by atoms with van der Waals surface area (Å²) in [5, 5.41) is 0. The normalized spacial score (nSPS) is 21.3. The SMILES string of the molecule is CN(SN1CCC(N)CC1)c1ccc2c(c1)nc(C(C)(C)C)n2CC1CCC(F)(F)CC1. The van der Waals surface area contributed by atoms with Crippen LogP contribution < -0.4 is 10.0 Å². The van der Waals surface area contributed by atoms with Crippen LogP contribution in [0.2, 0.25) is 0 Å². The van der Waals surface area contributed by atoms with Gasteiger partial charge in [0.25, 0.3) is 0 Å². The lowest BCUT2D eigenvalue weighted by Gasteiger charge is -2.32. The van der Waals surface area contributed by atoms with Gasteiger partial charge in [0.2, 0.25) is 5.92 Å². The first-order valence-electron chi connectivity index (χ1n) is 11.8. The molecule has 5 nitrogen and oxygen atoms in total. The minimum atomic E-state index is -2.49. The van der Waals surface area contributed by atoms with Crippen molar-refractivity contribution in [1.82, 2.24) is 13.9 Å². The van der Waals surface area contributed by atoms with Crippen molar-refractivity contribution in [3.05, 3.63) is 24.0 Å². The van der Waals surface area contributed by atoms with Crippen molar-refractivity contribution < 1.29 is 8.78 Å². The Hall–Kier alpha value is -1.38. The molecule has 2 fully saturated rings. The van der Waals surface area contributed by atoms with E-state index in [2.05, 4.69) is 59.2 Å². The summed E-state index contributed by atoms with van der Waals surface area (Å²) in [6, 6.07) is 6.76. The molecule has 1 aromatic carbocycles. The molecule has 0 radical (unpaired) electrons. The predicted molar refractivity (Wildman–Crippen MR) is 130 cm³/mol. The molecule has 1 aliphatic heterocycles. The molecular formula is C24H37F2N5S. The quantitative estimate of drug-likeness (QED) is 0.584. The van der Waals surface area contributed by atoms with Gasteiger partial charge in [0.05, 0.1) is 16.7 Å². The van der Waals surface area contributed by atoms with Crippen molar-refractivity contribution in [2.75, 3.05) is 24.4 Å². The predicted octanol–water partition coefficient (Wildman–Crippen LogP) is 5.58. The van der Waals surface area contributed by atoms with Crippen molar-refractivity contribution in [3.63, 3.8) is 0 Å². The average molecular weight is 466 g/mol. The molecule has 2 aliphatic rings. The molecule has 1 saturated carbocycles. The third-order valence-electron chi connectivity index (χ3n) is 6.78. The number of halogens is 2. The smallest absolute Gasteiger partial charge is 0.248 e. The van der Waals surface area contributed by atoms with Gasteiger partial charge in [-0.25, -0.2) is 18.1 Å². The number of benzene rings is 1. The highest BCUT2D eigenvalue weighted by molar-refractivity contribution is 7.98. The number of piperidine rings is 1. The Kier molecular flexibility index (Phi) is 6.76. The first kappa shape index (κ1) is 23.8. The van der Waals surface area contributed by atoms with Crippen LogP contribution in [-0.2, 0) is 12.0 Å². The number of nitrogens with zero attached hydrogens (tertiary/aromatic N) is 4. The minimum Gasteiger partial charge on any atom is -0.328 e. The Bertz CT molecular complexity index is 920. The van der Waals surface area contributed by atoms with Gasteiger partial charge >= 0.3 is 0 Å². The van der Waals surface area contributed by atoms with Crippen LogP contribution in [0.25, 0.3) is 11.0 Å². The van der Waals surface area contributed by atoms with Crippen LogP contribution in [-0.4, -0.2) is 46.0 Å². The van der Waals surface area contributed by atoms with Crippen molar-refractivity contribution in [2.24, 2.45) is 11.7 Å². The molecule has 1 saturated heterocycles. The number of hydrogen-bond donors (Lipinski definition) is 1. The summed E-state index contributed by atoms with van der Waals surface area (Å²) >= 11 is 1.73. The zero-order valence-electron chi connectivity index (χ0n) is 19.8. The van der Waals surface area contributed by atoms with E-state index in [1.165, 1.54) is 0 Å². The zero-order chi connectivity index (χ0) is 23.1. The standard InChI is InChI=1S/C24H37F2N5S/c1-23(2,3)22-28-20-15-19(29(4)32-30-13-9-18(27)10-14-30)5-6-21(20)31(22)16-17-7-11-24(25,26)12-8-17/h5-6,15,17-18H,7-14,16,27H2,1-4H3. The molecule has 0 atom stereocenters.